The number of hydrogen-bond acceptors (Lipinski definition) is 3. The number of hydrogen-bond donors (Lipinski definition) is 3. The molecule has 0 spiro atoms. The zero-order chi connectivity index (χ0) is 15.4. The third-order valence-electron chi connectivity index (χ3n) is 2.82. The molecule has 1 amide bonds. The molecule has 0 heterocycles. The van der Waals surface area contributed by atoms with E-state index in [-0.39, 0.29) is 18.0 Å². The summed E-state index contributed by atoms with van der Waals surface area (Å²) in [6, 6.07) is 10.2. The number of benzene rings is 2. The van der Waals surface area contributed by atoms with Crippen LogP contribution in [0.4, 0.5) is 15.8 Å². The summed E-state index contributed by atoms with van der Waals surface area (Å²) in [5.74, 6) is -2.57. The fourth-order valence-electron chi connectivity index (χ4n) is 1.79. The van der Waals surface area contributed by atoms with E-state index in [4.69, 9.17) is 10.8 Å². The van der Waals surface area contributed by atoms with Crippen molar-refractivity contribution in [3.05, 3.63) is 59.4 Å². The molecule has 108 valence electrons. The molecule has 0 aliphatic carbocycles. The third-order valence-corrected chi connectivity index (χ3v) is 2.82. The number of aromatic carboxylic acids is 1. The lowest BCUT2D eigenvalue weighted by atomic mass is 10.1. The van der Waals surface area contributed by atoms with Gasteiger partial charge < -0.3 is 16.2 Å². The SMILES string of the molecule is Nc1ccc(CC(=O)Nc2ccc(F)c(C(=O)O)c2)cc1. The number of amides is 1. The van der Waals surface area contributed by atoms with Gasteiger partial charge in [-0.1, -0.05) is 12.1 Å². The molecule has 4 N–H and O–H groups in total. The van der Waals surface area contributed by atoms with E-state index in [1.54, 1.807) is 24.3 Å². The highest BCUT2D eigenvalue weighted by Gasteiger charge is 2.12. The van der Waals surface area contributed by atoms with E-state index in [1.165, 1.54) is 6.07 Å². The average molecular weight is 288 g/mol. The number of nitrogens with one attached hydrogen (secondary N) is 1. The Morgan fingerprint density at radius 1 is 1.14 bits per heavy atom. The number of carbonyl (C=O) groups is 2. The molecule has 0 aromatic heterocycles. The molecule has 0 aliphatic heterocycles. The second kappa shape index (κ2) is 6.04. The van der Waals surface area contributed by atoms with Crippen LogP contribution in [0.15, 0.2) is 42.5 Å². The molecule has 0 bridgehead atoms. The lowest BCUT2D eigenvalue weighted by Gasteiger charge is -2.07. The Morgan fingerprint density at radius 2 is 1.81 bits per heavy atom. The first-order chi connectivity index (χ1) is 9.95. The van der Waals surface area contributed by atoms with Gasteiger partial charge >= 0.3 is 5.97 Å². The number of rotatable bonds is 4. The van der Waals surface area contributed by atoms with E-state index in [0.717, 1.165) is 17.7 Å². The van der Waals surface area contributed by atoms with Crippen LogP contribution in [-0.4, -0.2) is 17.0 Å². The van der Waals surface area contributed by atoms with Crippen molar-refractivity contribution in [3.63, 3.8) is 0 Å². The van der Waals surface area contributed by atoms with Crippen LogP contribution in [-0.2, 0) is 11.2 Å². The summed E-state index contributed by atoms with van der Waals surface area (Å²) in [5.41, 5.74) is 6.66. The molecule has 2 aromatic rings. The van der Waals surface area contributed by atoms with Crippen LogP contribution in [0.25, 0.3) is 0 Å². The van der Waals surface area contributed by atoms with Gasteiger partial charge in [-0.25, -0.2) is 9.18 Å². The van der Waals surface area contributed by atoms with E-state index in [0.29, 0.717) is 5.69 Å². The molecular weight excluding hydrogens is 275 g/mol. The van der Waals surface area contributed by atoms with E-state index < -0.39 is 17.3 Å². The summed E-state index contributed by atoms with van der Waals surface area (Å²) in [4.78, 5) is 22.7. The molecule has 0 saturated carbocycles. The van der Waals surface area contributed by atoms with Crippen molar-refractivity contribution in [2.45, 2.75) is 6.42 Å². The van der Waals surface area contributed by atoms with Crippen molar-refractivity contribution in [2.75, 3.05) is 11.1 Å². The Hall–Kier alpha value is -2.89. The molecule has 0 radical (unpaired) electrons. The maximum Gasteiger partial charge on any atom is 0.338 e. The highest BCUT2D eigenvalue weighted by molar-refractivity contribution is 5.94. The first kappa shape index (κ1) is 14.5. The number of carbonyl (C=O) groups excluding carboxylic acids is 1. The molecule has 2 aromatic carbocycles. The van der Waals surface area contributed by atoms with Crippen LogP contribution in [0.1, 0.15) is 15.9 Å². The summed E-state index contributed by atoms with van der Waals surface area (Å²) < 4.78 is 13.2. The zero-order valence-corrected chi connectivity index (χ0v) is 11.0. The highest BCUT2D eigenvalue weighted by Crippen LogP contribution is 2.15. The van der Waals surface area contributed by atoms with Crippen LogP contribution in [0, 0.1) is 5.82 Å². The largest absolute Gasteiger partial charge is 0.478 e. The van der Waals surface area contributed by atoms with Gasteiger partial charge in [0.15, 0.2) is 0 Å². The quantitative estimate of drug-likeness (QED) is 0.752. The molecule has 6 heteroatoms. The second-order valence-electron chi connectivity index (χ2n) is 4.47. The minimum atomic E-state index is -1.39. The molecule has 0 aliphatic rings. The average Bonchev–Trinajstić information content (AvgIpc) is 2.43. The van der Waals surface area contributed by atoms with Gasteiger partial charge in [0.25, 0.3) is 0 Å². The molecule has 0 fully saturated rings. The van der Waals surface area contributed by atoms with Gasteiger partial charge in [0.1, 0.15) is 5.82 Å². The van der Waals surface area contributed by atoms with Crippen LogP contribution in [0.5, 0.6) is 0 Å². The van der Waals surface area contributed by atoms with Gasteiger partial charge in [-0.05, 0) is 35.9 Å². The Bertz CT molecular complexity index is 684. The Morgan fingerprint density at radius 3 is 2.43 bits per heavy atom. The molecule has 21 heavy (non-hydrogen) atoms. The Kier molecular flexibility index (Phi) is 4.18. The van der Waals surface area contributed by atoms with Crippen LogP contribution >= 0.6 is 0 Å². The van der Waals surface area contributed by atoms with Crippen molar-refractivity contribution in [1.29, 1.82) is 0 Å². The summed E-state index contributed by atoms with van der Waals surface area (Å²) in [6.45, 7) is 0. The van der Waals surface area contributed by atoms with Crippen molar-refractivity contribution in [1.82, 2.24) is 0 Å². The number of halogens is 1. The fraction of sp³-hybridized carbons (Fsp3) is 0.0667. The lowest BCUT2D eigenvalue weighted by Crippen LogP contribution is -2.15. The second-order valence-corrected chi connectivity index (χ2v) is 4.47. The molecule has 5 nitrogen and oxygen atoms in total. The summed E-state index contributed by atoms with van der Waals surface area (Å²) in [7, 11) is 0. The van der Waals surface area contributed by atoms with Crippen molar-refractivity contribution in [3.8, 4) is 0 Å². The number of nitrogen functional groups attached to an aromatic ring is 1. The normalized spacial score (nSPS) is 10.1. The van der Waals surface area contributed by atoms with E-state index in [2.05, 4.69) is 5.32 Å². The number of nitrogens with two attached hydrogens (primary N) is 1. The smallest absolute Gasteiger partial charge is 0.338 e. The molecule has 0 unspecified atom stereocenters. The first-order valence-electron chi connectivity index (χ1n) is 6.13. The zero-order valence-electron chi connectivity index (χ0n) is 11.0. The summed E-state index contributed by atoms with van der Waals surface area (Å²) in [5, 5.41) is 11.3. The standard InChI is InChI=1S/C15H13FN2O3/c16-13-6-5-11(8-12(13)15(20)21)18-14(19)7-9-1-3-10(17)4-2-9/h1-6,8H,7,17H2,(H,18,19)(H,20,21). The molecule has 2 rings (SSSR count). The number of carboxylic acids is 1. The summed E-state index contributed by atoms with van der Waals surface area (Å²) in [6.07, 6.45) is 0.111. The lowest BCUT2D eigenvalue weighted by molar-refractivity contribution is -0.115. The topological polar surface area (TPSA) is 92.4 Å². The molecule has 0 saturated heterocycles. The molecular formula is C15H13FN2O3. The van der Waals surface area contributed by atoms with Gasteiger partial charge in [0.2, 0.25) is 5.91 Å². The number of carboxylic acid groups (broad SMARTS) is 1. The predicted octanol–water partition coefficient (Wildman–Crippen LogP) is 2.29. The van der Waals surface area contributed by atoms with Crippen LogP contribution < -0.4 is 11.1 Å². The Balaban J connectivity index is 2.07. The van der Waals surface area contributed by atoms with Gasteiger partial charge in [-0.15, -0.1) is 0 Å². The van der Waals surface area contributed by atoms with Crippen LogP contribution in [0.3, 0.4) is 0 Å². The Labute approximate surface area is 120 Å². The number of anilines is 2. The minimum Gasteiger partial charge on any atom is -0.478 e. The van der Waals surface area contributed by atoms with Crippen molar-refractivity contribution < 1.29 is 19.1 Å². The third kappa shape index (κ3) is 3.79. The van der Waals surface area contributed by atoms with Crippen LogP contribution in [0.2, 0.25) is 0 Å². The van der Waals surface area contributed by atoms with E-state index >= 15 is 0 Å². The summed E-state index contributed by atoms with van der Waals surface area (Å²) >= 11 is 0. The maximum atomic E-state index is 13.2. The van der Waals surface area contributed by atoms with Gasteiger partial charge in [-0.3, -0.25) is 4.79 Å². The highest BCUT2D eigenvalue weighted by atomic mass is 19.1. The van der Waals surface area contributed by atoms with Crippen molar-refractivity contribution >= 4 is 23.3 Å². The van der Waals surface area contributed by atoms with Gasteiger partial charge in [0, 0.05) is 11.4 Å². The van der Waals surface area contributed by atoms with E-state index in [9.17, 15) is 14.0 Å². The van der Waals surface area contributed by atoms with Gasteiger partial charge in [0.05, 0.1) is 12.0 Å². The molecule has 0 atom stereocenters. The monoisotopic (exact) mass is 288 g/mol. The van der Waals surface area contributed by atoms with Gasteiger partial charge in [-0.2, -0.15) is 0 Å². The van der Waals surface area contributed by atoms with Crippen molar-refractivity contribution in [2.24, 2.45) is 0 Å². The maximum absolute atomic E-state index is 13.2. The predicted molar refractivity (Wildman–Crippen MR) is 76.5 cm³/mol. The minimum absolute atomic E-state index is 0.111. The van der Waals surface area contributed by atoms with E-state index in [1.807, 2.05) is 0 Å². The fourth-order valence-corrected chi connectivity index (χ4v) is 1.79. The first-order valence-corrected chi connectivity index (χ1v) is 6.13.